The predicted octanol–water partition coefficient (Wildman–Crippen LogP) is 3.71. The molecule has 0 bridgehead atoms. The average Bonchev–Trinajstić information content (AvgIpc) is 3.14. The Morgan fingerprint density at radius 3 is 3.00 bits per heavy atom. The van der Waals surface area contributed by atoms with Gasteiger partial charge in [0.1, 0.15) is 11.3 Å². The summed E-state index contributed by atoms with van der Waals surface area (Å²) in [7, 11) is 0. The summed E-state index contributed by atoms with van der Waals surface area (Å²) >= 11 is 5.89. The van der Waals surface area contributed by atoms with Crippen LogP contribution in [0.4, 0.5) is 0 Å². The van der Waals surface area contributed by atoms with Gasteiger partial charge in [0.2, 0.25) is 0 Å². The third-order valence-corrected chi connectivity index (χ3v) is 4.00. The molecule has 19 heavy (non-hydrogen) atoms. The fourth-order valence-electron chi connectivity index (χ4n) is 2.61. The van der Waals surface area contributed by atoms with E-state index in [2.05, 4.69) is 22.5 Å². The monoisotopic (exact) mass is 277 g/mol. The fraction of sp³-hybridized carbons (Fsp3) is 0.600. The minimum atomic E-state index is 0.616. The molecular weight excluding hydrogens is 258 g/mol. The van der Waals surface area contributed by atoms with Crippen molar-refractivity contribution in [3.05, 3.63) is 23.7 Å². The molecule has 0 N–H and O–H groups in total. The third kappa shape index (κ3) is 2.92. The van der Waals surface area contributed by atoms with Crippen LogP contribution in [0, 0.1) is 12.8 Å². The number of hydrogen-bond acceptors (Lipinski definition) is 2. The second kappa shape index (κ2) is 5.49. The molecule has 0 aliphatic heterocycles. The van der Waals surface area contributed by atoms with Crippen molar-refractivity contribution in [2.45, 2.75) is 45.6 Å². The van der Waals surface area contributed by atoms with Crippen LogP contribution in [0.5, 0.6) is 0 Å². The van der Waals surface area contributed by atoms with Gasteiger partial charge < -0.3 is 4.57 Å². The van der Waals surface area contributed by atoms with Crippen LogP contribution in [0.2, 0.25) is 0 Å². The van der Waals surface area contributed by atoms with Crippen LogP contribution >= 0.6 is 11.6 Å². The Bertz CT molecular complexity index is 572. The van der Waals surface area contributed by atoms with Crippen LogP contribution in [0.15, 0.2) is 12.3 Å². The van der Waals surface area contributed by atoms with E-state index in [1.807, 2.05) is 6.20 Å². The van der Waals surface area contributed by atoms with Crippen molar-refractivity contribution in [1.82, 2.24) is 14.5 Å². The van der Waals surface area contributed by atoms with E-state index in [0.29, 0.717) is 5.88 Å². The minimum absolute atomic E-state index is 0.616. The minimum Gasteiger partial charge on any atom is -0.313 e. The van der Waals surface area contributed by atoms with Crippen LogP contribution in [0.25, 0.3) is 11.2 Å². The lowest BCUT2D eigenvalue weighted by atomic mass is 10.2. The topological polar surface area (TPSA) is 30.7 Å². The number of aromatic nitrogens is 3. The number of fused-ring (bicyclic) bond motifs is 1. The molecule has 1 aliphatic carbocycles. The average molecular weight is 278 g/mol. The molecule has 3 rings (SSSR count). The molecule has 0 unspecified atom stereocenters. The Kier molecular flexibility index (Phi) is 3.74. The summed E-state index contributed by atoms with van der Waals surface area (Å²) in [4.78, 5) is 9.25. The van der Waals surface area contributed by atoms with Crippen molar-refractivity contribution in [3.8, 4) is 0 Å². The number of nitrogens with zero attached hydrogens (tertiary/aromatic N) is 3. The molecule has 102 valence electrons. The highest BCUT2D eigenvalue weighted by atomic mass is 35.5. The molecule has 0 spiro atoms. The van der Waals surface area contributed by atoms with E-state index >= 15 is 0 Å². The standard InChI is InChI=1S/C15H20ClN3/c1-11-9-13-15(17-10-11)19(14(18-13)6-7-16)8-2-3-12-4-5-12/h9-10,12H,2-8H2,1H3. The Morgan fingerprint density at radius 2 is 2.26 bits per heavy atom. The van der Waals surface area contributed by atoms with E-state index in [0.717, 1.165) is 41.4 Å². The molecule has 0 atom stereocenters. The van der Waals surface area contributed by atoms with Gasteiger partial charge in [0.05, 0.1) is 0 Å². The zero-order chi connectivity index (χ0) is 13.2. The summed E-state index contributed by atoms with van der Waals surface area (Å²) in [6.45, 7) is 3.08. The summed E-state index contributed by atoms with van der Waals surface area (Å²) in [6.07, 6.45) is 8.16. The van der Waals surface area contributed by atoms with E-state index in [1.54, 1.807) is 0 Å². The molecule has 1 fully saturated rings. The first kappa shape index (κ1) is 12.9. The van der Waals surface area contributed by atoms with Gasteiger partial charge in [0.15, 0.2) is 5.65 Å². The van der Waals surface area contributed by atoms with Gasteiger partial charge in [-0.05, 0) is 37.3 Å². The summed E-state index contributed by atoms with van der Waals surface area (Å²) in [5.74, 6) is 2.69. The predicted molar refractivity (Wildman–Crippen MR) is 78.6 cm³/mol. The fourth-order valence-corrected chi connectivity index (χ4v) is 2.78. The summed E-state index contributed by atoms with van der Waals surface area (Å²) < 4.78 is 2.26. The highest BCUT2D eigenvalue weighted by molar-refractivity contribution is 6.17. The lowest BCUT2D eigenvalue weighted by Gasteiger charge is -2.07. The molecule has 2 aromatic rings. The van der Waals surface area contributed by atoms with Crippen LogP contribution < -0.4 is 0 Å². The maximum atomic E-state index is 5.89. The number of hydrogen-bond donors (Lipinski definition) is 0. The number of alkyl halides is 1. The lowest BCUT2D eigenvalue weighted by Crippen LogP contribution is -2.06. The van der Waals surface area contributed by atoms with Crippen molar-refractivity contribution < 1.29 is 0 Å². The summed E-state index contributed by atoms with van der Waals surface area (Å²) in [6, 6.07) is 2.11. The first-order valence-corrected chi connectivity index (χ1v) is 7.69. The molecule has 2 aromatic heterocycles. The van der Waals surface area contributed by atoms with Gasteiger partial charge in [0, 0.05) is 25.0 Å². The second-order valence-electron chi connectivity index (χ2n) is 5.56. The summed E-state index contributed by atoms with van der Waals surface area (Å²) in [5.41, 5.74) is 3.18. The third-order valence-electron chi connectivity index (χ3n) is 3.81. The number of aryl methyl sites for hydroxylation is 3. The normalized spacial score (nSPS) is 15.3. The SMILES string of the molecule is Cc1cnc2c(c1)nc(CCCl)n2CCCC1CC1. The highest BCUT2D eigenvalue weighted by Crippen LogP contribution is 2.33. The second-order valence-corrected chi connectivity index (χ2v) is 5.94. The number of imidazole rings is 1. The summed E-state index contributed by atoms with van der Waals surface area (Å²) in [5, 5.41) is 0. The molecule has 0 amide bonds. The maximum Gasteiger partial charge on any atom is 0.160 e. The first-order chi connectivity index (χ1) is 9.28. The molecule has 2 heterocycles. The van der Waals surface area contributed by atoms with Gasteiger partial charge in [-0.2, -0.15) is 0 Å². The number of halogens is 1. The van der Waals surface area contributed by atoms with E-state index in [1.165, 1.54) is 25.7 Å². The van der Waals surface area contributed by atoms with Gasteiger partial charge >= 0.3 is 0 Å². The zero-order valence-electron chi connectivity index (χ0n) is 11.4. The van der Waals surface area contributed by atoms with Crippen LogP contribution in [-0.2, 0) is 13.0 Å². The molecular formula is C15H20ClN3. The Balaban J connectivity index is 1.86. The van der Waals surface area contributed by atoms with E-state index in [9.17, 15) is 0 Å². The van der Waals surface area contributed by atoms with E-state index in [-0.39, 0.29) is 0 Å². The van der Waals surface area contributed by atoms with Crippen molar-refractivity contribution in [1.29, 1.82) is 0 Å². The van der Waals surface area contributed by atoms with Crippen molar-refractivity contribution in [2.24, 2.45) is 5.92 Å². The van der Waals surface area contributed by atoms with Gasteiger partial charge in [-0.25, -0.2) is 9.97 Å². The van der Waals surface area contributed by atoms with Gasteiger partial charge in [-0.15, -0.1) is 11.6 Å². The molecule has 1 saturated carbocycles. The van der Waals surface area contributed by atoms with Crippen LogP contribution in [0.1, 0.15) is 37.1 Å². The van der Waals surface area contributed by atoms with Crippen LogP contribution in [-0.4, -0.2) is 20.4 Å². The van der Waals surface area contributed by atoms with E-state index < -0.39 is 0 Å². The zero-order valence-corrected chi connectivity index (χ0v) is 12.2. The Morgan fingerprint density at radius 1 is 1.42 bits per heavy atom. The van der Waals surface area contributed by atoms with Gasteiger partial charge in [-0.3, -0.25) is 0 Å². The quantitative estimate of drug-likeness (QED) is 0.754. The molecule has 4 heteroatoms. The number of rotatable bonds is 6. The largest absolute Gasteiger partial charge is 0.313 e. The molecule has 1 aliphatic rings. The van der Waals surface area contributed by atoms with Crippen molar-refractivity contribution in [3.63, 3.8) is 0 Å². The van der Waals surface area contributed by atoms with E-state index in [4.69, 9.17) is 16.6 Å². The smallest absolute Gasteiger partial charge is 0.160 e. The maximum absolute atomic E-state index is 5.89. The van der Waals surface area contributed by atoms with Crippen LogP contribution in [0.3, 0.4) is 0 Å². The molecule has 0 saturated heterocycles. The number of pyridine rings is 1. The molecule has 3 nitrogen and oxygen atoms in total. The molecule has 0 radical (unpaired) electrons. The highest BCUT2D eigenvalue weighted by Gasteiger charge is 2.20. The Hall–Kier alpha value is -1.09. The first-order valence-electron chi connectivity index (χ1n) is 7.15. The van der Waals surface area contributed by atoms with Gasteiger partial charge in [0.25, 0.3) is 0 Å². The molecule has 0 aromatic carbocycles. The van der Waals surface area contributed by atoms with Crippen molar-refractivity contribution in [2.75, 3.05) is 5.88 Å². The lowest BCUT2D eigenvalue weighted by molar-refractivity contribution is 0.569. The van der Waals surface area contributed by atoms with Crippen molar-refractivity contribution >= 4 is 22.8 Å². The Labute approximate surface area is 119 Å². The van der Waals surface area contributed by atoms with Gasteiger partial charge in [-0.1, -0.05) is 12.8 Å².